The number of carbonyl (C=O) groups excluding carboxylic acids is 2. The van der Waals surface area contributed by atoms with Crippen molar-refractivity contribution in [3.05, 3.63) is 59.7 Å². The van der Waals surface area contributed by atoms with Gasteiger partial charge in [-0.3, -0.25) is 9.59 Å². The van der Waals surface area contributed by atoms with E-state index in [9.17, 15) is 9.59 Å². The van der Waals surface area contributed by atoms with Crippen LogP contribution in [0.2, 0.25) is 0 Å². The molecule has 0 aromatic heterocycles. The van der Waals surface area contributed by atoms with Crippen LogP contribution >= 0.6 is 0 Å². The number of ether oxygens (including phenoxy) is 1. The van der Waals surface area contributed by atoms with Crippen LogP contribution in [0.1, 0.15) is 17.5 Å². The molecule has 0 saturated carbocycles. The Labute approximate surface area is 147 Å². The van der Waals surface area contributed by atoms with Crippen molar-refractivity contribution < 1.29 is 14.3 Å². The Hall–Kier alpha value is -2.82. The fourth-order valence-electron chi connectivity index (χ4n) is 2.91. The summed E-state index contributed by atoms with van der Waals surface area (Å²) in [6, 6.07) is 15.2. The third kappa shape index (κ3) is 4.18. The van der Waals surface area contributed by atoms with Gasteiger partial charge in [0.05, 0.1) is 6.04 Å². The van der Waals surface area contributed by atoms with Gasteiger partial charge in [0, 0.05) is 18.7 Å². The van der Waals surface area contributed by atoms with Crippen molar-refractivity contribution in [1.82, 2.24) is 5.32 Å². The van der Waals surface area contributed by atoms with Gasteiger partial charge in [0.25, 0.3) is 5.91 Å². The van der Waals surface area contributed by atoms with Crippen LogP contribution in [0.3, 0.4) is 0 Å². The van der Waals surface area contributed by atoms with Crippen LogP contribution in [0.15, 0.2) is 48.5 Å². The molecule has 1 unspecified atom stereocenters. The van der Waals surface area contributed by atoms with Crippen LogP contribution < -0.4 is 15.0 Å². The molecule has 1 aliphatic rings. The zero-order chi connectivity index (χ0) is 17.8. The second kappa shape index (κ2) is 7.38. The summed E-state index contributed by atoms with van der Waals surface area (Å²) in [6.07, 6.45) is 0.310. The van der Waals surface area contributed by atoms with Crippen LogP contribution in [-0.2, 0) is 9.59 Å². The maximum atomic E-state index is 12.2. The van der Waals surface area contributed by atoms with E-state index in [1.807, 2.05) is 62.4 Å². The Kier molecular flexibility index (Phi) is 5.03. The minimum absolute atomic E-state index is 0.0222. The van der Waals surface area contributed by atoms with Crippen LogP contribution in [0.25, 0.3) is 0 Å². The number of anilines is 1. The minimum atomic E-state index is -0.216. The van der Waals surface area contributed by atoms with Gasteiger partial charge in [0.2, 0.25) is 5.91 Å². The second-order valence-corrected chi connectivity index (χ2v) is 6.36. The molecule has 1 N–H and O–H groups in total. The molecular formula is C20H22N2O3. The molecule has 0 bridgehead atoms. The molecule has 3 rings (SSSR count). The predicted molar refractivity (Wildman–Crippen MR) is 96.8 cm³/mol. The molecule has 130 valence electrons. The highest BCUT2D eigenvalue weighted by atomic mass is 16.5. The Morgan fingerprint density at radius 2 is 1.88 bits per heavy atom. The Morgan fingerprint density at radius 1 is 1.16 bits per heavy atom. The lowest BCUT2D eigenvalue weighted by molar-refractivity contribution is -0.123. The summed E-state index contributed by atoms with van der Waals surface area (Å²) in [6.45, 7) is 4.37. The van der Waals surface area contributed by atoms with E-state index in [2.05, 4.69) is 5.32 Å². The van der Waals surface area contributed by atoms with Gasteiger partial charge in [-0.2, -0.15) is 0 Å². The van der Waals surface area contributed by atoms with E-state index in [4.69, 9.17) is 4.74 Å². The molecular weight excluding hydrogens is 316 g/mol. The number of hydrogen-bond donors (Lipinski definition) is 1. The van der Waals surface area contributed by atoms with Gasteiger partial charge in [-0.05, 0) is 37.6 Å². The molecule has 1 heterocycles. The smallest absolute Gasteiger partial charge is 0.258 e. The maximum absolute atomic E-state index is 12.2. The first-order valence-corrected chi connectivity index (χ1v) is 8.38. The molecule has 2 aromatic carbocycles. The largest absolute Gasteiger partial charge is 0.484 e. The van der Waals surface area contributed by atoms with Crippen molar-refractivity contribution >= 4 is 17.5 Å². The lowest BCUT2D eigenvalue weighted by Crippen LogP contribution is -2.39. The van der Waals surface area contributed by atoms with E-state index in [0.29, 0.717) is 18.7 Å². The lowest BCUT2D eigenvalue weighted by atomic mass is 10.2. The first kappa shape index (κ1) is 17.0. The van der Waals surface area contributed by atoms with Gasteiger partial charge in [-0.15, -0.1) is 0 Å². The fourth-order valence-corrected chi connectivity index (χ4v) is 2.91. The SMILES string of the molecule is Cc1ccc(N2CC(NC(=O)COc3ccccc3C)CC2=O)cc1. The molecule has 5 nitrogen and oxygen atoms in total. The molecule has 1 atom stereocenters. The molecule has 1 fully saturated rings. The van der Waals surface area contributed by atoms with E-state index in [1.54, 1.807) is 4.90 Å². The van der Waals surface area contributed by atoms with Gasteiger partial charge >= 0.3 is 0 Å². The highest BCUT2D eigenvalue weighted by molar-refractivity contribution is 5.96. The number of benzene rings is 2. The number of amides is 2. The van der Waals surface area contributed by atoms with Crippen LogP contribution in [0, 0.1) is 13.8 Å². The summed E-state index contributed by atoms with van der Waals surface area (Å²) in [5, 5.41) is 2.88. The van der Waals surface area contributed by atoms with Crippen molar-refractivity contribution in [1.29, 1.82) is 0 Å². The summed E-state index contributed by atoms with van der Waals surface area (Å²) in [5.41, 5.74) is 2.99. The second-order valence-electron chi connectivity index (χ2n) is 6.36. The summed E-state index contributed by atoms with van der Waals surface area (Å²) < 4.78 is 5.55. The predicted octanol–water partition coefficient (Wildman–Crippen LogP) is 2.60. The molecule has 1 saturated heterocycles. The Bertz CT molecular complexity index is 771. The molecule has 25 heavy (non-hydrogen) atoms. The number of nitrogens with one attached hydrogen (secondary N) is 1. The van der Waals surface area contributed by atoms with Crippen molar-refractivity contribution in [3.63, 3.8) is 0 Å². The van der Waals surface area contributed by atoms with E-state index in [-0.39, 0.29) is 24.5 Å². The zero-order valence-electron chi connectivity index (χ0n) is 14.5. The maximum Gasteiger partial charge on any atom is 0.258 e. The summed E-state index contributed by atoms with van der Waals surface area (Å²) in [7, 11) is 0. The minimum Gasteiger partial charge on any atom is -0.484 e. The standard InChI is InChI=1S/C20H22N2O3/c1-14-7-9-17(10-8-14)22-12-16(11-20(22)24)21-19(23)13-25-18-6-4-3-5-15(18)2/h3-10,16H,11-13H2,1-2H3,(H,21,23). The van der Waals surface area contributed by atoms with Gasteiger partial charge in [-0.25, -0.2) is 0 Å². The van der Waals surface area contributed by atoms with E-state index in [1.165, 1.54) is 0 Å². The van der Waals surface area contributed by atoms with Crippen molar-refractivity contribution in [2.24, 2.45) is 0 Å². The van der Waals surface area contributed by atoms with Gasteiger partial charge in [0.15, 0.2) is 6.61 Å². The molecule has 2 aromatic rings. The van der Waals surface area contributed by atoms with Crippen molar-refractivity contribution in [2.75, 3.05) is 18.1 Å². The van der Waals surface area contributed by atoms with Crippen molar-refractivity contribution in [3.8, 4) is 5.75 Å². The monoisotopic (exact) mass is 338 g/mol. The Balaban J connectivity index is 1.53. The number of rotatable bonds is 5. The third-order valence-electron chi connectivity index (χ3n) is 4.29. The van der Waals surface area contributed by atoms with Crippen LogP contribution in [-0.4, -0.2) is 31.0 Å². The third-order valence-corrected chi connectivity index (χ3v) is 4.29. The van der Waals surface area contributed by atoms with E-state index >= 15 is 0 Å². The molecule has 0 spiro atoms. The van der Waals surface area contributed by atoms with Gasteiger partial charge < -0.3 is 15.0 Å². The number of nitrogens with zero attached hydrogens (tertiary/aromatic N) is 1. The summed E-state index contributed by atoms with van der Waals surface area (Å²) in [5.74, 6) is 0.502. The first-order valence-electron chi connectivity index (χ1n) is 8.38. The highest BCUT2D eigenvalue weighted by Crippen LogP contribution is 2.22. The number of hydrogen-bond acceptors (Lipinski definition) is 3. The quantitative estimate of drug-likeness (QED) is 0.912. The van der Waals surface area contributed by atoms with Crippen LogP contribution in [0.4, 0.5) is 5.69 Å². The average Bonchev–Trinajstić information content (AvgIpc) is 2.95. The van der Waals surface area contributed by atoms with Crippen molar-refractivity contribution in [2.45, 2.75) is 26.3 Å². The lowest BCUT2D eigenvalue weighted by Gasteiger charge is -2.17. The van der Waals surface area contributed by atoms with Gasteiger partial charge in [-0.1, -0.05) is 35.9 Å². The topological polar surface area (TPSA) is 58.6 Å². The van der Waals surface area contributed by atoms with E-state index in [0.717, 1.165) is 16.8 Å². The number of aryl methyl sites for hydroxylation is 2. The molecule has 5 heteroatoms. The fraction of sp³-hybridized carbons (Fsp3) is 0.300. The zero-order valence-corrected chi connectivity index (χ0v) is 14.5. The van der Waals surface area contributed by atoms with Gasteiger partial charge in [0.1, 0.15) is 5.75 Å². The van der Waals surface area contributed by atoms with Crippen LogP contribution in [0.5, 0.6) is 5.75 Å². The molecule has 0 aliphatic carbocycles. The molecule has 0 radical (unpaired) electrons. The Morgan fingerprint density at radius 3 is 2.60 bits per heavy atom. The summed E-state index contributed by atoms with van der Waals surface area (Å²) >= 11 is 0. The number of carbonyl (C=O) groups is 2. The molecule has 2 amide bonds. The number of para-hydroxylation sites is 1. The molecule has 1 aliphatic heterocycles. The highest BCUT2D eigenvalue weighted by Gasteiger charge is 2.31. The summed E-state index contributed by atoms with van der Waals surface area (Å²) in [4.78, 5) is 26.0. The van der Waals surface area contributed by atoms with E-state index < -0.39 is 0 Å². The first-order chi connectivity index (χ1) is 12.0. The normalized spacial score (nSPS) is 16.8. The average molecular weight is 338 g/mol.